The molecule has 8 heteroatoms. The number of ether oxygens (including phenoxy) is 1. The van der Waals surface area contributed by atoms with Gasteiger partial charge in [0, 0.05) is 43.5 Å². The average molecular weight is 450 g/mol. The number of benzene rings is 2. The number of carbonyl (C=O) groups excluding carboxylic acids is 1. The van der Waals surface area contributed by atoms with Gasteiger partial charge in [0.05, 0.1) is 0 Å². The molecule has 0 fully saturated rings. The predicted molar refractivity (Wildman–Crippen MR) is 119 cm³/mol. The standard InChI is InChI=1S/C24H30F3N3O2/c1-6-29(13-17(3)28(4)5)20-11-16(2)22-19(12-20)15-30(23(22)31)14-18-7-9-21(10-8-18)32-24(25,26)27/h7-12,17H,6,13-15H2,1-5H3. The number of carbonyl (C=O) groups is 1. The van der Waals surface area contributed by atoms with Crippen molar-refractivity contribution in [2.45, 2.75) is 46.3 Å². The maximum Gasteiger partial charge on any atom is 0.573 e. The number of alkyl halides is 3. The zero-order valence-electron chi connectivity index (χ0n) is 19.2. The van der Waals surface area contributed by atoms with Crippen molar-refractivity contribution in [3.63, 3.8) is 0 Å². The van der Waals surface area contributed by atoms with Crippen LogP contribution < -0.4 is 9.64 Å². The molecule has 2 aromatic carbocycles. The Bertz CT molecular complexity index is 958. The van der Waals surface area contributed by atoms with Gasteiger partial charge >= 0.3 is 6.36 Å². The second-order valence-corrected chi connectivity index (χ2v) is 8.50. The van der Waals surface area contributed by atoms with Crippen molar-refractivity contribution in [2.75, 3.05) is 32.1 Å². The van der Waals surface area contributed by atoms with Crippen molar-refractivity contribution in [3.05, 3.63) is 58.7 Å². The first-order valence-electron chi connectivity index (χ1n) is 10.7. The van der Waals surface area contributed by atoms with E-state index in [0.29, 0.717) is 19.1 Å². The Morgan fingerprint density at radius 3 is 2.38 bits per heavy atom. The smallest absolute Gasteiger partial charge is 0.406 e. The summed E-state index contributed by atoms with van der Waals surface area (Å²) in [6.07, 6.45) is -4.72. The number of hydrogen-bond acceptors (Lipinski definition) is 4. The van der Waals surface area contributed by atoms with Crippen LogP contribution in [-0.2, 0) is 13.1 Å². The van der Waals surface area contributed by atoms with Crippen LogP contribution in [0.5, 0.6) is 5.75 Å². The SMILES string of the molecule is CCN(CC(C)N(C)C)c1cc(C)c2c(c1)CN(Cc1ccc(OC(F)(F)F)cc1)C2=O. The van der Waals surface area contributed by atoms with Crippen molar-refractivity contribution in [3.8, 4) is 5.75 Å². The summed E-state index contributed by atoms with van der Waals surface area (Å²) < 4.78 is 41.0. The first-order chi connectivity index (χ1) is 15.0. The van der Waals surface area contributed by atoms with E-state index in [1.807, 2.05) is 6.92 Å². The Morgan fingerprint density at radius 2 is 1.81 bits per heavy atom. The number of hydrogen-bond donors (Lipinski definition) is 0. The highest BCUT2D eigenvalue weighted by Gasteiger charge is 2.32. The second-order valence-electron chi connectivity index (χ2n) is 8.50. The van der Waals surface area contributed by atoms with Crippen LogP contribution >= 0.6 is 0 Å². The largest absolute Gasteiger partial charge is 0.573 e. The third kappa shape index (κ3) is 5.54. The van der Waals surface area contributed by atoms with Gasteiger partial charge in [-0.2, -0.15) is 0 Å². The molecule has 1 heterocycles. The zero-order chi connectivity index (χ0) is 23.6. The molecule has 0 radical (unpaired) electrons. The zero-order valence-corrected chi connectivity index (χ0v) is 19.2. The molecular weight excluding hydrogens is 419 g/mol. The molecular formula is C24H30F3N3O2. The minimum atomic E-state index is -4.72. The molecule has 1 unspecified atom stereocenters. The third-order valence-corrected chi connectivity index (χ3v) is 5.91. The lowest BCUT2D eigenvalue weighted by atomic mass is 10.0. The summed E-state index contributed by atoms with van der Waals surface area (Å²) in [6, 6.07) is 10.2. The molecule has 0 saturated heterocycles. The van der Waals surface area contributed by atoms with Crippen LogP contribution in [0.2, 0.25) is 0 Å². The average Bonchev–Trinajstić information content (AvgIpc) is 3.01. The number of anilines is 1. The monoisotopic (exact) mass is 449 g/mol. The fraction of sp³-hybridized carbons (Fsp3) is 0.458. The van der Waals surface area contributed by atoms with E-state index < -0.39 is 6.36 Å². The molecule has 0 saturated carbocycles. The highest BCUT2D eigenvalue weighted by atomic mass is 19.4. The van der Waals surface area contributed by atoms with Gasteiger partial charge in [0.1, 0.15) is 5.75 Å². The minimum Gasteiger partial charge on any atom is -0.406 e. The molecule has 5 nitrogen and oxygen atoms in total. The molecule has 1 aliphatic rings. The van der Waals surface area contributed by atoms with Gasteiger partial charge in [-0.05, 0) is 75.8 Å². The van der Waals surface area contributed by atoms with Crippen molar-refractivity contribution in [1.29, 1.82) is 0 Å². The topological polar surface area (TPSA) is 36.0 Å². The summed E-state index contributed by atoms with van der Waals surface area (Å²) in [4.78, 5) is 19.2. The summed E-state index contributed by atoms with van der Waals surface area (Å²) in [5.74, 6) is -0.325. The van der Waals surface area contributed by atoms with Crippen LogP contribution in [-0.4, -0.2) is 55.3 Å². The van der Waals surface area contributed by atoms with E-state index in [-0.39, 0.29) is 11.7 Å². The van der Waals surface area contributed by atoms with Crippen molar-refractivity contribution < 1.29 is 22.7 Å². The molecule has 32 heavy (non-hydrogen) atoms. The summed E-state index contributed by atoms with van der Waals surface area (Å²) >= 11 is 0. The van der Waals surface area contributed by atoms with E-state index >= 15 is 0 Å². The van der Waals surface area contributed by atoms with Gasteiger partial charge in [0.25, 0.3) is 5.91 Å². The molecule has 174 valence electrons. The van der Waals surface area contributed by atoms with E-state index in [9.17, 15) is 18.0 Å². The Kier molecular flexibility index (Phi) is 7.03. The second kappa shape index (κ2) is 9.40. The van der Waals surface area contributed by atoms with Crippen LogP contribution in [0.25, 0.3) is 0 Å². The van der Waals surface area contributed by atoms with E-state index in [2.05, 4.69) is 54.6 Å². The van der Waals surface area contributed by atoms with E-state index in [0.717, 1.165) is 41.0 Å². The lowest BCUT2D eigenvalue weighted by Gasteiger charge is -2.30. The number of nitrogens with zero attached hydrogens (tertiary/aromatic N) is 3. The number of halogens is 3. The summed E-state index contributed by atoms with van der Waals surface area (Å²) in [6.45, 7) is 8.80. The normalized spacial score (nSPS) is 14.7. The summed E-state index contributed by atoms with van der Waals surface area (Å²) in [5.41, 5.74) is 4.49. The number of aryl methyl sites for hydroxylation is 1. The molecule has 0 aromatic heterocycles. The van der Waals surface area contributed by atoms with Gasteiger partial charge in [-0.1, -0.05) is 12.1 Å². The Balaban J connectivity index is 1.75. The highest BCUT2D eigenvalue weighted by molar-refractivity contribution is 6.00. The number of fused-ring (bicyclic) bond motifs is 1. The van der Waals surface area contributed by atoms with Gasteiger partial charge in [-0.3, -0.25) is 4.79 Å². The van der Waals surface area contributed by atoms with E-state index in [4.69, 9.17) is 0 Å². The van der Waals surface area contributed by atoms with Crippen LogP contribution in [0, 0.1) is 6.92 Å². The maximum absolute atomic E-state index is 13.0. The van der Waals surface area contributed by atoms with E-state index in [1.165, 1.54) is 12.1 Å². The fourth-order valence-electron chi connectivity index (χ4n) is 3.93. The first-order valence-corrected chi connectivity index (χ1v) is 10.7. The van der Waals surface area contributed by atoms with Gasteiger partial charge in [0.15, 0.2) is 0 Å². The predicted octanol–water partition coefficient (Wildman–Crippen LogP) is 4.83. The van der Waals surface area contributed by atoms with Crippen molar-refractivity contribution >= 4 is 11.6 Å². The minimum absolute atomic E-state index is 0.0515. The quantitative estimate of drug-likeness (QED) is 0.579. The molecule has 2 aromatic rings. The Labute approximate surface area is 187 Å². The third-order valence-electron chi connectivity index (χ3n) is 5.91. The summed E-state index contributed by atoms with van der Waals surface area (Å²) in [7, 11) is 4.12. The molecule has 0 bridgehead atoms. The fourth-order valence-corrected chi connectivity index (χ4v) is 3.93. The van der Waals surface area contributed by atoms with Gasteiger partial charge < -0.3 is 19.4 Å². The molecule has 1 amide bonds. The lowest BCUT2D eigenvalue weighted by molar-refractivity contribution is -0.274. The van der Waals surface area contributed by atoms with Gasteiger partial charge in [-0.25, -0.2) is 0 Å². The van der Waals surface area contributed by atoms with Gasteiger partial charge in [-0.15, -0.1) is 13.2 Å². The molecule has 1 atom stereocenters. The molecule has 0 spiro atoms. The Morgan fingerprint density at radius 1 is 1.16 bits per heavy atom. The molecule has 0 N–H and O–H groups in total. The number of rotatable bonds is 8. The van der Waals surface area contributed by atoms with Gasteiger partial charge in [0.2, 0.25) is 0 Å². The highest BCUT2D eigenvalue weighted by Crippen LogP contribution is 2.32. The molecule has 3 rings (SSSR count). The maximum atomic E-state index is 13.0. The lowest BCUT2D eigenvalue weighted by Crippen LogP contribution is -2.38. The van der Waals surface area contributed by atoms with E-state index in [1.54, 1.807) is 17.0 Å². The number of likely N-dealkylation sites (N-methyl/N-ethyl adjacent to an activating group) is 2. The molecule has 0 aliphatic carbocycles. The van der Waals surface area contributed by atoms with Crippen LogP contribution in [0.15, 0.2) is 36.4 Å². The first kappa shape index (κ1) is 23.9. The molecule has 1 aliphatic heterocycles. The Hall–Kier alpha value is -2.74. The van der Waals surface area contributed by atoms with Crippen LogP contribution in [0.1, 0.15) is 40.9 Å². The van der Waals surface area contributed by atoms with Crippen LogP contribution in [0.4, 0.5) is 18.9 Å². The van der Waals surface area contributed by atoms with Crippen molar-refractivity contribution in [1.82, 2.24) is 9.80 Å². The number of amides is 1. The van der Waals surface area contributed by atoms with Crippen LogP contribution in [0.3, 0.4) is 0 Å². The van der Waals surface area contributed by atoms with Crippen molar-refractivity contribution in [2.24, 2.45) is 0 Å². The summed E-state index contributed by atoms with van der Waals surface area (Å²) in [5, 5.41) is 0.